The van der Waals surface area contributed by atoms with Crippen molar-refractivity contribution in [3.63, 3.8) is 0 Å². The Kier molecular flexibility index (Phi) is 4.97. The van der Waals surface area contributed by atoms with Crippen molar-refractivity contribution < 1.29 is 0 Å². The molecule has 4 nitrogen and oxygen atoms in total. The van der Waals surface area contributed by atoms with E-state index in [-0.39, 0.29) is 5.54 Å². The van der Waals surface area contributed by atoms with Gasteiger partial charge in [-0.3, -0.25) is 4.68 Å². The number of nitrogens with zero attached hydrogens (tertiary/aromatic N) is 3. The van der Waals surface area contributed by atoms with Crippen LogP contribution in [-0.2, 0) is 13.6 Å². The fourth-order valence-corrected chi connectivity index (χ4v) is 2.79. The smallest absolute Gasteiger partial charge is 0.131 e. The maximum Gasteiger partial charge on any atom is 0.131 e. The van der Waals surface area contributed by atoms with Crippen LogP contribution in [0.5, 0.6) is 0 Å². The molecule has 0 spiro atoms. The molecule has 0 atom stereocenters. The highest BCUT2D eigenvalue weighted by atomic mass is 15.4. The lowest BCUT2D eigenvalue weighted by molar-refractivity contribution is 0.423. The molecule has 1 saturated carbocycles. The van der Waals surface area contributed by atoms with Gasteiger partial charge in [-0.25, -0.2) is 0 Å². The van der Waals surface area contributed by atoms with Crippen LogP contribution >= 0.6 is 0 Å². The van der Waals surface area contributed by atoms with Crippen LogP contribution < -0.4 is 10.2 Å². The minimum atomic E-state index is 0.132. The van der Waals surface area contributed by atoms with Gasteiger partial charge in [0.1, 0.15) is 5.82 Å². The first-order chi connectivity index (χ1) is 9.83. The number of aryl methyl sites for hydroxylation is 2. The summed E-state index contributed by atoms with van der Waals surface area (Å²) in [5.74, 6) is 1.33. The van der Waals surface area contributed by atoms with E-state index in [0.717, 1.165) is 24.8 Å². The molecule has 0 bridgehead atoms. The minimum Gasteiger partial charge on any atom is -0.354 e. The van der Waals surface area contributed by atoms with Crippen LogP contribution in [0.25, 0.3) is 0 Å². The maximum atomic E-state index is 4.69. The Balaban J connectivity index is 2.23. The number of hydrogen-bond acceptors (Lipinski definition) is 3. The first-order valence-electron chi connectivity index (χ1n) is 8.37. The van der Waals surface area contributed by atoms with Gasteiger partial charge in [0.2, 0.25) is 0 Å². The van der Waals surface area contributed by atoms with Crippen LogP contribution in [0.1, 0.15) is 64.6 Å². The van der Waals surface area contributed by atoms with E-state index in [1.807, 2.05) is 0 Å². The second-order valence-electron chi connectivity index (χ2n) is 7.39. The molecule has 0 radical (unpaired) electrons. The number of hydrogen-bond donors (Lipinski definition) is 1. The SMILES string of the molecule is CCCCN(c1c(CNC(C)(C)C)c(C)nn1C)C1CC1. The van der Waals surface area contributed by atoms with Crippen LogP contribution in [0.2, 0.25) is 0 Å². The van der Waals surface area contributed by atoms with Crippen molar-refractivity contribution >= 4 is 5.82 Å². The van der Waals surface area contributed by atoms with E-state index in [0.29, 0.717) is 0 Å². The molecule has 1 aromatic rings. The molecule has 1 aliphatic rings. The molecule has 2 rings (SSSR count). The molecule has 1 aromatic heterocycles. The molecule has 1 aliphatic carbocycles. The van der Waals surface area contributed by atoms with Gasteiger partial charge < -0.3 is 10.2 Å². The number of unbranched alkanes of at least 4 members (excludes halogenated alkanes) is 1. The van der Waals surface area contributed by atoms with Crippen LogP contribution in [0.15, 0.2) is 0 Å². The predicted molar refractivity (Wildman–Crippen MR) is 89.8 cm³/mol. The van der Waals surface area contributed by atoms with E-state index in [9.17, 15) is 0 Å². The lowest BCUT2D eigenvalue weighted by Crippen LogP contribution is -2.36. The van der Waals surface area contributed by atoms with Crippen LogP contribution in [-0.4, -0.2) is 27.9 Å². The van der Waals surface area contributed by atoms with Crippen molar-refractivity contribution in [1.82, 2.24) is 15.1 Å². The summed E-state index contributed by atoms with van der Waals surface area (Å²) in [5.41, 5.74) is 2.66. The zero-order valence-electron chi connectivity index (χ0n) is 14.7. The molecule has 4 heteroatoms. The molecule has 1 heterocycles. The summed E-state index contributed by atoms with van der Waals surface area (Å²) in [6.07, 6.45) is 5.17. The summed E-state index contributed by atoms with van der Waals surface area (Å²) in [7, 11) is 2.09. The number of rotatable bonds is 7. The van der Waals surface area contributed by atoms with Gasteiger partial charge in [-0.15, -0.1) is 0 Å². The Morgan fingerprint density at radius 2 is 2.00 bits per heavy atom. The lowest BCUT2D eigenvalue weighted by atomic mass is 10.1. The summed E-state index contributed by atoms with van der Waals surface area (Å²) >= 11 is 0. The third kappa shape index (κ3) is 4.22. The summed E-state index contributed by atoms with van der Waals surface area (Å²) in [6, 6.07) is 0.736. The fourth-order valence-electron chi connectivity index (χ4n) is 2.79. The van der Waals surface area contributed by atoms with Crippen molar-refractivity contribution in [2.24, 2.45) is 7.05 Å². The van der Waals surface area contributed by atoms with Gasteiger partial charge in [-0.1, -0.05) is 13.3 Å². The van der Waals surface area contributed by atoms with Crippen LogP contribution in [0.4, 0.5) is 5.82 Å². The fraction of sp³-hybridized carbons (Fsp3) is 0.824. The summed E-state index contributed by atoms with van der Waals surface area (Å²) in [5, 5.41) is 8.31. The molecule has 0 unspecified atom stereocenters. The third-order valence-electron chi connectivity index (χ3n) is 4.12. The van der Waals surface area contributed by atoms with Gasteiger partial charge in [0, 0.05) is 37.3 Å². The molecule has 0 aliphatic heterocycles. The van der Waals surface area contributed by atoms with Gasteiger partial charge >= 0.3 is 0 Å². The monoisotopic (exact) mass is 292 g/mol. The Hall–Kier alpha value is -1.03. The second-order valence-corrected chi connectivity index (χ2v) is 7.39. The first kappa shape index (κ1) is 16.3. The Bertz CT molecular complexity index is 466. The van der Waals surface area contributed by atoms with Gasteiger partial charge in [-0.2, -0.15) is 5.10 Å². The number of anilines is 1. The van der Waals surface area contributed by atoms with E-state index in [1.165, 1.54) is 37.1 Å². The lowest BCUT2D eigenvalue weighted by Gasteiger charge is -2.27. The first-order valence-corrected chi connectivity index (χ1v) is 8.37. The van der Waals surface area contributed by atoms with Crippen molar-refractivity contribution in [3.8, 4) is 0 Å². The highest BCUT2D eigenvalue weighted by molar-refractivity contribution is 5.52. The van der Waals surface area contributed by atoms with E-state index in [2.05, 4.69) is 61.7 Å². The van der Waals surface area contributed by atoms with Crippen molar-refractivity contribution in [1.29, 1.82) is 0 Å². The number of aromatic nitrogens is 2. The maximum absolute atomic E-state index is 4.69. The van der Waals surface area contributed by atoms with E-state index < -0.39 is 0 Å². The Labute approximate surface area is 129 Å². The average Bonchev–Trinajstić information content (AvgIpc) is 3.15. The average molecular weight is 292 g/mol. The standard InChI is InChI=1S/C17H32N4/c1-7-8-11-21(14-9-10-14)16-15(12-18-17(3,4)5)13(2)19-20(16)6/h14,18H,7-12H2,1-6H3. The highest BCUT2D eigenvalue weighted by Crippen LogP contribution is 2.34. The van der Waals surface area contributed by atoms with Crippen LogP contribution in [0.3, 0.4) is 0 Å². The molecule has 120 valence electrons. The van der Waals surface area contributed by atoms with Crippen molar-refractivity contribution in [2.45, 2.75) is 78.4 Å². The third-order valence-corrected chi connectivity index (χ3v) is 4.12. The summed E-state index contributed by atoms with van der Waals surface area (Å²) in [4.78, 5) is 2.60. The zero-order valence-corrected chi connectivity index (χ0v) is 14.7. The van der Waals surface area contributed by atoms with Crippen molar-refractivity contribution in [2.75, 3.05) is 11.4 Å². The zero-order chi connectivity index (χ0) is 15.6. The predicted octanol–water partition coefficient (Wildman–Crippen LogP) is 3.39. The molecular weight excluding hydrogens is 260 g/mol. The van der Waals surface area contributed by atoms with Gasteiger partial charge in [0.25, 0.3) is 0 Å². The summed E-state index contributed by atoms with van der Waals surface area (Å²) < 4.78 is 2.09. The van der Waals surface area contributed by atoms with Gasteiger partial charge in [0.15, 0.2) is 0 Å². The summed E-state index contributed by atoms with van der Waals surface area (Å²) in [6.45, 7) is 13.1. The largest absolute Gasteiger partial charge is 0.354 e. The molecule has 21 heavy (non-hydrogen) atoms. The normalized spacial score (nSPS) is 15.5. The molecule has 1 N–H and O–H groups in total. The minimum absolute atomic E-state index is 0.132. The topological polar surface area (TPSA) is 33.1 Å². The molecular formula is C17H32N4. The van der Waals surface area contributed by atoms with E-state index in [1.54, 1.807) is 0 Å². The second kappa shape index (κ2) is 6.39. The molecule has 0 amide bonds. The van der Waals surface area contributed by atoms with Crippen LogP contribution in [0, 0.1) is 6.92 Å². The van der Waals surface area contributed by atoms with E-state index in [4.69, 9.17) is 0 Å². The van der Waals surface area contributed by atoms with Gasteiger partial charge in [0.05, 0.1) is 5.69 Å². The number of nitrogens with one attached hydrogen (secondary N) is 1. The Morgan fingerprint density at radius 3 is 2.52 bits per heavy atom. The highest BCUT2D eigenvalue weighted by Gasteiger charge is 2.32. The molecule has 1 fully saturated rings. The van der Waals surface area contributed by atoms with E-state index >= 15 is 0 Å². The molecule has 0 aromatic carbocycles. The Morgan fingerprint density at radius 1 is 1.33 bits per heavy atom. The molecule has 0 saturated heterocycles. The quantitative estimate of drug-likeness (QED) is 0.836. The van der Waals surface area contributed by atoms with Crippen molar-refractivity contribution in [3.05, 3.63) is 11.3 Å². The van der Waals surface area contributed by atoms with Gasteiger partial charge in [-0.05, 0) is 47.0 Å².